The van der Waals surface area contributed by atoms with Gasteiger partial charge in [-0.15, -0.1) is 0 Å². The van der Waals surface area contributed by atoms with Crippen LogP contribution in [0.2, 0.25) is 0 Å². The number of hydrogen-bond acceptors (Lipinski definition) is 4. The third kappa shape index (κ3) is 3.23. The van der Waals surface area contributed by atoms with Gasteiger partial charge in [-0.3, -0.25) is 4.79 Å². The zero-order valence-electron chi connectivity index (χ0n) is 17.9. The van der Waals surface area contributed by atoms with Gasteiger partial charge in [0.05, 0.1) is 12.2 Å². The standard InChI is InChI=1S/C24H37IO4/c1-14(3-8-22(27)28-13-25)18-6-7-19-17-5-4-15-11-16(26)9-10-23(15,2)20(17)12-21-24(18,19)29-21/h14-21,26H,3-13H2,1-2H3/t14?,15?,16-,17?,18?,19?,20-,21?,23?,24?/m0/s1. The number of fused-ring (bicyclic) bond motifs is 4. The van der Waals surface area contributed by atoms with Crippen molar-refractivity contribution in [3.63, 3.8) is 0 Å². The molecule has 5 rings (SSSR count). The van der Waals surface area contributed by atoms with Crippen molar-refractivity contribution in [3.8, 4) is 0 Å². The molecule has 4 nitrogen and oxygen atoms in total. The van der Waals surface area contributed by atoms with Crippen LogP contribution < -0.4 is 0 Å². The summed E-state index contributed by atoms with van der Waals surface area (Å²) in [4.78, 5) is 11.8. The summed E-state index contributed by atoms with van der Waals surface area (Å²) in [7, 11) is 0. The molecule has 0 radical (unpaired) electrons. The summed E-state index contributed by atoms with van der Waals surface area (Å²) in [6.07, 6.45) is 11.5. The predicted molar refractivity (Wildman–Crippen MR) is 119 cm³/mol. The minimum Gasteiger partial charge on any atom is -0.455 e. The average molecular weight is 516 g/mol. The molecule has 0 aromatic carbocycles. The number of esters is 1. The molecule has 5 aliphatic rings. The van der Waals surface area contributed by atoms with E-state index in [0.29, 0.717) is 40.3 Å². The van der Waals surface area contributed by atoms with Crippen LogP contribution in [0.1, 0.15) is 78.1 Å². The molecule has 1 heterocycles. The fourth-order valence-corrected chi connectivity index (χ4v) is 9.06. The van der Waals surface area contributed by atoms with Gasteiger partial charge in [0.2, 0.25) is 0 Å². The van der Waals surface area contributed by atoms with Gasteiger partial charge in [0.15, 0.2) is 0 Å². The number of rotatable bonds is 5. The van der Waals surface area contributed by atoms with E-state index < -0.39 is 0 Å². The van der Waals surface area contributed by atoms with Crippen LogP contribution in [0, 0.1) is 40.9 Å². The smallest absolute Gasteiger partial charge is 0.306 e. The normalized spacial score (nSPS) is 51.2. The Morgan fingerprint density at radius 3 is 2.83 bits per heavy atom. The first-order chi connectivity index (χ1) is 13.9. The Hall–Kier alpha value is 0.120. The van der Waals surface area contributed by atoms with Crippen LogP contribution in [-0.2, 0) is 14.3 Å². The lowest BCUT2D eigenvalue weighted by molar-refractivity contribution is -0.141. The summed E-state index contributed by atoms with van der Waals surface area (Å²) < 4.78 is 12.2. The van der Waals surface area contributed by atoms with Gasteiger partial charge in [-0.05, 0) is 121 Å². The molecule has 0 aromatic heterocycles. The van der Waals surface area contributed by atoms with Crippen LogP contribution >= 0.6 is 22.6 Å². The number of carbonyl (C=O) groups excluding carboxylic acids is 1. The molecule has 1 aliphatic heterocycles. The van der Waals surface area contributed by atoms with Gasteiger partial charge in [0.25, 0.3) is 0 Å². The molecule has 4 aliphatic carbocycles. The molecule has 29 heavy (non-hydrogen) atoms. The summed E-state index contributed by atoms with van der Waals surface area (Å²) in [6, 6.07) is 0. The number of hydrogen-bond donors (Lipinski definition) is 1. The zero-order chi connectivity index (χ0) is 20.4. The van der Waals surface area contributed by atoms with E-state index in [2.05, 4.69) is 36.4 Å². The Bertz CT molecular complexity index is 655. The van der Waals surface area contributed by atoms with Gasteiger partial charge in [-0.25, -0.2) is 0 Å². The van der Waals surface area contributed by atoms with E-state index >= 15 is 0 Å². The van der Waals surface area contributed by atoms with Crippen molar-refractivity contribution in [3.05, 3.63) is 0 Å². The molecular formula is C24H37IO4. The molecule has 0 amide bonds. The van der Waals surface area contributed by atoms with Crippen LogP contribution in [0.25, 0.3) is 0 Å². The van der Waals surface area contributed by atoms with Crippen LogP contribution in [0.4, 0.5) is 0 Å². The Labute approximate surface area is 189 Å². The van der Waals surface area contributed by atoms with Gasteiger partial charge in [0, 0.05) is 6.42 Å². The van der Waals surface area contributed by atoms with Crippen LogP contribution in [0.15, 0.2) is 0 Å². The fourth-order valence-electron chi connectivity index (χ4n) is 8.71. The quantitative estimate of drug-likeness (QED) is 0.239. The van der Waals surface area contributed by atoms with Gasteiger partial charge in [-0.1, -0.05) is 13.8 Å². The van der Waals surface area contributed by atoms with Crippen LogP contribution in [-0.4, -0.2) is 33.5 Å². The maximum atomic E-state index is 11.8. The number of aliphatic hydroxyl groups excluding tert-OH is 1. The zero-order valence-corrected chi connectivity index (χ0v) is 20.1. The van der Waals surface area contributed by atoms with E-state index in [-0.39, 0.29) is 17.7 Å². The monoisotopic (exact) mass is 516 g/mol. The van der Waals surface area contributed by atoms with E-state index in [1.807, 2.05) is 0 Å². The largest absolute Gasteiger partial charge is 0.455 e. The van der Waals surface area contributed by atoms with Crippen LogP contribution in [0.3, 0.4) is 0 Å². The molecule has 10 atom stereocenters. The fraction of sp³-hybridized carbons (Fsp3) is 0.958. The Kier molecular flexibility index (Phi) is 5.51. The molecule has 164 valence electrons. The molecule has 0 bridgehead atoms. The first-order valence-corrected chi connectivity index (χ1v) is 13.5. The third-order valence-electron chi connectivity index (χ3n) is 10.1. The molecule has 1 N–H and O–H groups in total. The van der Waals surface area contributed by atoms with Gasteiger partial charge in [0.1, 0.15) is 10.2 Å². The molecule has 5 fully saturated rings. The minimum atomic E-state index is -0.0694. The van der Waals surface area contributed by atoms with Crippen LogP contribution in [0.5, 0.6) is 0 Å². The summed E-state index contributed by atoms with van der Waals surface area (Å²) in [5.41, 5.74) is 0.540. The summed E-state index contributed by atoms with van der Waals surface area (Å²) in [5.74, 6) is 4.12. The maximum Gasteiger partial charge on any atom is 0.306 e. The van der Waals surface area contributed by atoms with Crippen molar-refractivity contribution < 1.29 is 19.4 Å². The molecule has 8 unspecified atom stereocenters. The van der Waals surface area contributed by atoms with E-state index in [1.54, 1.807) is 0 Å². The summed E-state index contributed by atoms with van der Waals surface area (Å²) in [5, 5.41) is 10.2. The van der Waals surface area contributed by atoms with Crippen molar-refractivity contribution in [1.29, 1.82) is 0 Å². The average Bonchev–Trinajstić information content (AvgIpc) is 3.29. The van der Waals surface area contributed by atoms with Gasteiger partial charge < -0.3 is 14.6 Å². The van der Waals surface area contributed by atoms with Gasteiger partial charge in [-0.2, -0.15) is 0 Å². The highest BCUT2D eigenvalue weighted by Gasteiger charge is 2.75. The second-order valence-electron chi connectivity index (χ2n) is 11.1. The summed E-state index contributed by atoms with van der Waals surface area (Å²) in [6.45, 7) is 4.88. The number of ether oxygens (including phenoxy) is 2. The van der Waals surface area contributed by atoms with Gasteiger partial charge >= 0.3 is 5.97 Å². The lowest BCUT2D eigenvalue weighted by Gasteiger charge is -2.58. The van der Waals surface area contributed by atoms with Crippen molar-refractivity contribution >= 4 is 28.6 Å². The van der Waals surface area contributed by atoms with E-state index in [0.717, 1.165) is 37.0 Å². The van der Waals surface area contributed by atoms with Crippen molar-refractivity contribution in [2.45, 2.75) is 95.9 Å². The van der Waals surface area contributed by atoms with E-state index in [9.17, 15) is 9.90 Å². The lowest BCUT2D eigenvalue weighted by Crippen LogP contribution is -2.54. The highest BCUT2D eigenvalue weighted by molar-refractivity contribution is 14.1. The van der Waals surface area contributed by atoms with E-state index in [1.165, 1.54) is 38.5 Å². The third-order valence-corrected chi connectivity index (χ3v) is 10.5. The Morgan fingerprint density at radius 2 is 2.03 bits per heavy atom. The SMILES string of the molecule is CC(CCC(=O)OCI)C1CCC2C3CCC4C[C@@H](O)CCC4(C)[C@H]3CC3OC312. The molecule has 0 aromatic rings. The number of alkyl halides is 1. The number of carbonyl (C=O) groups is 1. The lowest BCUT2D eigenvalue weighted by atomic mass is 9.46. The molecular weight excluding hydrogens is 479 g/mol. The first-order valence-electron chi connectivity index (χ1n) is 12.0. The Morgan fingerprint density at radius 1 is 1.21 bits per heavy atom. The predicted octanol–water partition coefficient (Wildman–Crippen LogP) is 5.10. The number of epoxide rings is 1. The second-order valence-corrected chi connectivity index (χ2v) is 11.7. The maximum absolute atomic E-state index is 11.8. The minimum absolute atomic E-state index is 0.0546. The Balaban J connectivity index is 1.30. The molecule has 1 spiro atoms. The van der Waals surface area contributed by atoms with Crippen molar-refractivity contribution in [2.75, 3.05) is 4.61 Å². The number of aliphatic hydroxyl groups is 1. The van der Waals surface area contributed by atoms with Crippen molar-refractivity contribution in [2.24, 2.45) is 40.9 Å². The number of halogens is 1. The molecule has 4 saturated carbocycles. The van der Waals surface area contributed by atoms with E-state index in [4.69, 9.17) is 9.47 Å². The second kappa shape index (κ2) is 7.61. The molecule has 1 saturated heterocycles. The summed E-state index contributed by atoms with van der Waals surface area (Å²) >= 11 is 2.09. The van der Waals surface area contributed by atoms with Crippen molar-refractivity contribution in [1.82, 2.24) is 0 Å². The highest BCUT2D eigenvalue weighted by Crippen LogP contribution is 2.72. The first kappa shape index (κ1) is 21.0. The highest BCUT2D eigenvalue weighted by atomic mass is 127. The topological polar surface area (TPSA) is 59.1 Å². The molecule has 5 heteroatoms.